The second-order valence-corrected chi connectivity index (χ2v) is 19.9. The lowest BCUT2D eigenvalue weighted by atomic mass is 9.55. The first kappa shape index (κ1) is 54.4. The standard InChI is InChI=1S/C62H68N4O11/c1-3-33-75-62-58(65(39-48-21-14-20-46-18-7-8-23-52(46)48)61(69)73-35-34-72-40-44-16-5-4-6-17-44)38-56(64-76-41-45-25-27-50(28-26-45)66(70)71)54-36-47(19-9-11-31-67)53(24-10-12-32-68)59(60(54)62)55-37-51(29-30-57(55)77-62)74-42-49-22-13-15-43(2)63-49/h3-8,13-18,20-23,25-30,36-37,47,53,58-60,67-68H,1,9-12,19,24,31-35,38-42H2,2H3/t47-,53+,58-,59+,60+,62+/m0/s1. The molecule has 0 bridgehead atoms. The van der Waals surface area contributed by atoms with Crippen molar-refractivity contribution in [2.24, 2.45) is 22.9 Å². The summed E-state index contributed by atoms with van der Waals surface area (Å²) in [6, 6.07) is 40.9. The fourth-order valence-corrected chi connectivity index (χ4v) is 11.4. The molecule has 1 aliphatic heterocycles. The molecule has 9 rings (SSSR count). The normalized spacial score (nSPS) is 20.8. The molecule has 0 unspecified atom stereocenters. The van der Waals surface area contributed by atoms with Gasteiger partial charge >= 0.3 is 6.09 Å². The molecule has 15 nitrogen and oxygen atoms in total. The molecule has 6 aromatic rings. The number of carbonyl (C=O) groups is 1. The molecular formula is C62H68N4O11. The molecule has 77 heavy (non-hydrogen) atoms. The van der Waals surface area contributed by atoms with Gasteiger partial charge in [-0.2, -0.15) is 0 Å². The zero-order valence-electron chi connectivity index (χ0n) is 43.6. The minimum Gasteiger partial charge on any atom is -0.487 e. The minimum atomic E-state index is -1.58. The third-order valence-corrected chi connectivity index (χ3v) is 14.9. The summed E-state index contributed by atoms with van der Waals surface area (Å²) in [7, 11) is 0. The van der Waals surface area contributed by atoms with E-state index in [0.29, 0.717) is 42.2 Å². The summed E-state index contributed by atoms with van der Waals surface area (Å²) in [6.07, 6.45) is 7.70. The maximum absolute atomic E-state index is 15.4. The van der Waals surface area contributed by atoms with Crippen LogP contribution >= 0.6 is 0 Å². The second-order valence-electron chi connectivity index (χ2n) is 19.9. The Hall–Kier alpha value is -7.43. The van der Waals surface area contributed by atoms with Crippen molar-refractivity contribution in [3.63, 3.8) is 0 Å². The van der Waals surface area contributed by atoms with E-state index in [0.717, 1.165) is 70.1 Å². The number of carbonyl (C=O) groups excluding carboxylic acids is 1. The molecule has 5 aromatic carbocycles. The predicted octanol–water partition coefficient (Wildman–Crippen LogP) is 11.7. The van der Waals surface area contributed by atoms with Gasteiger partial charge in [0.05, 0.1) is 48.6 Å². The van der Waals surface area contributed by atoms with Crippen molar-refractivity contribution in [3.8, 4) is 11.5 Å². The van der Waals surface area contributed by atoms with Gasteiger partial charge in [-0.15, -0.1) is 6.58 Å². The fourth-order valence-electron chi connectivity index (χ4n) is 11.4. The molecule has 2 aliphatic carbocycles. The Morgan fingerprint density at radius 3 is 2.40 bits per heavy atom. The lowest BCUT2D eigenvalue weighted by molar-refractivity contribution is -0.384. The Morgan fingerprint density at radius 2 is 1.62 bits per heavy atom. The lowest BCUT2D eigenvalue weighted by Crippen LogP contribution is -2.70. The molecule has 6 atom stereocenters. The predicted molar refractivity (Wildman–Crippen MR) is 293 cm³/mol. The number of aryl methyl sites for hydroxylation is 1. The molecule has 2 heterocycles. The molecule has 1 fully saturated rings. The van der Waals surface area contributed by atoms with Gasteiger partial charge in [-0.3, -0.25) is 20.0 Å². The summed E-state index contributed by atoms with van der Waals surface area (Å²) in [5.74, 6) is -1.39. The SMILES string of the molecule is C=CCO[C@@]12Oc3ccc(OCc4cccc(C)n4)cc3[C@H]3[C@H](CCCCO)[C@@H](CCCCO)C=C(C(=NOCc4ccc([N+](=O)[O-])cc4)C[C@@H]1N(Cc1cccc4ccccc14)C(=O)OCCOCc1ccccc1)[C@H]32. The number of nitro benzene ring substituents is 1. The summed E-state index contributed by atoms with van der Waals surface area (Å²) in [4.78, 5) is 39.2. The summed E-state index contributed by atoms with van der Waals surface area (Å²) >= 11 is 0. The van der Waals surface area contributed by atoms with Gasteiger partial charge in [0, 0.05) is 48.9 Å². The number of unbranched alkanes of at least 4 members (excludes halogenated alkanes) is 2. The molecule has 1 amide bonds. The first-order chi connectivity index (χ1) is 37.7. The maximum Gasteiger partial charge on any atom is 0.410 e. The van der Waals surface area contributed by atoms with Crippen LogP contribution in [0.2, 0.25) is 0 Å². The number of aromatic nitrogens is 1. The maximum atomic E-state index is 15.4. The number of ether oxygens (including phenoxy) is 5. The topological polar surface area (TPSA) is 185 Å². The Labute approximate surface area is 449 Å². The number of fused-ring (bicyclic) bond motifs is 3. The smallest absolute Gasteiger partial charge is 0.410 e. The molecule has 1 aromatic heterocycles. The van der Waals surface area contributed by atoms with E-state index in [2.05, 4.69) is 23.7 Å². The van der Waals surface area contributed by atoms with Gasteiger partial charge in [0.15, 0.2) is 0 Å². The summed E-state index contributed by atoms with van der Waals surface area (Å²) < 4.78 is 33.6. The highest BCUT2D eigenvalue weighted by atomic mass is 16.7. The molecule has 0 saturated heterocycles. The van der Waals surface area contributed by atoms with Crippen LogP contribution in [0.4, 0.5) is 10.5 Å². The van der Waals surface area contributed by atoms with Gasteiger partial charge in [-0.25, -0.2) is 4.79 Å². The number of aliphatic hydroxyl groups excluding tert-OH is 2. The lowest BCUT2D eigenvalue weighted by Gasteiger charge is -2.59. The van der Waals surface area contributed by atoms with Crippen LogP contribution in [0, 0.1) is 34.8 Å². The number of pyridine rings is 1. The van der Waals surface area contributed by atoms with E-state index in [1.165, 1.54) is 12.1 Å². The van der Waals surface area contributed by atoms with Gasteiger partial charge in [-0.05, 0) is 120 Å². The van der Waals surface area contributed by atoms with Crippen LogP contribution in [0.25, 0.3) is 10.8 Å². The third kappa shape index (κ3) is 12.9. The Kier molecular flexibility index (Phi) is 18.4. The average molecular weight is 1050 g/mol. The van der Waals surface area contributed by atoms with Crippen molar-refractivity contribution in [3.05, 3.63) is 202 Å². The van der Waals surface area contributed by atoms with E-state index in [4.69, 9.17) is 33.7 Å². The van der Waals surface area contributed by atoms with Gasteiger partial charge < -0.3 is 38.7 Å². The van der Waals surface area contributed by atoms with Gasteiger partial charge in [0.2, 0.25) is 5.79 Å². The first-order valence-corrected chi connectivity index (χ1v) is 26.7. The highest BCUT2D eigenvalue weighted by Gasteiger charge is 2.66. The van der Waals surface area contributed by atoms with Crippen LogP contribution in [0.1, 0.15) is 84.5 Å². The Bertz CT molecular complexity index is 3020. The summed E-state index contributed by atoms with van der Waals surface area (Å²) in [5, 5.41) is 38.7. The average Bonchev–Trinajstić information content (AvgIpc) is 3.55. The molecule has 0 spiro atoms. The number of nitro groups is 1. The highest BCUT2D eigenvalue weighted by molar-refractivity contribution is 6.03. The van der Waals surface area contributed by atoms with E-state index in [-0.39, 0.29) is 82.7 Å². The van der Waals surface area contributed by atoms with E-state index < -0.39 is 28.8 Å². The molecular weight excluding hydrogens is 977 g/mol. The van der Waals surface area contributed by atoms with E-state index in [9.17, 15) is 20.3 Å². The van der Waals surface area contributed by atoms with Crippen molar-refractivity contribution in [1.29, 1.82) is 0 Å². The van der Waals surface area contributed by atoms with E-state index in [1.807, 2.05) is 110 Å². The molecule has 2 N–H and O–H groups in total. The second kappa shape index (κ2) is 26.1. The monoisotopic (exact) mass is 1040 g/mol. The first-order valence-electron chi connectivity index (χ1n) is 26.7. The van der Waals surface area contributed by atoms with Crippen molar-refractivity contribution >= 4 is 28.3 Å². The van der Waals surface area contributed by atoms with Crippen molar-refractivity contribution in [2.45, 2.75) is 96.0 Å². The Balaban J connectivity index is 1.20. The summed E-state index contributed by atoms with van der Waals surface area (Å²) in [6.45, 7) is 7.03. The number of non-ortho nitro benzene ring substituents is 1. The van der Waals surface area contributed by atoms with Crippen molar-refractivity contribution in [1.82, 2.24) is 9.88 Å². The Morgan fingerprint density at radius 1 is 0.870 bits per heavy atom. The fraction of sp³-hybridized carbons (Fsp3) is 0.371. The third-order valence-electron chi connectivity index (χ3n) is 14.9. The molecule has 15 heteroatoms. The molecule has 0 radical (unpaired) electrons. The number of allylic oxidation sites excluding steroid dienone is 1. The van der Waals surface area contributed by atoms with Crippen LogP contribution in [0.15, 0.2) is 163 Å². The zero-order valence-corrected chi connectivity index (χ0v) is 43.6. The number of hydrogen-bond donors (Lipinski definition) is 2. The van der Waals surface area contributed by atoms with Crippen LogP contribution < -0.4 is 9.47 Å². The zero-order chi connectivity index (χ0) is 53.6. The number of nitrogens with zero attached hydrogens (tertiary/aromatic N) is 4. The quantitative estimate of drug-likeness (QED) is 0.0227. The van der Waals surface area contributed by atoms with Crippen LogP contribution in [-0.2, 0) is 45.4 Å². The van der Waals surface area contributed by atoms with Crippen LogP contribution in [0.5, 0.6) is 11.5 Å². The number of amides is 1. The van der Waals surface area contributed by atoms with E-state index >= 15 is 4.79 Å². The number of benzene rings is 5. The van der Waals surface area contributed by atoms with Gasteiger partial charge in [0.25, 0.3) is 5.69 Å². The number of hydrogen-bond acceptors (Lipinski definition) is 13. The number of rotatable bonds is 26. The molecule has 402 valence electrons. The summed E-state index contributed by atoms with van der Waals surface area (Å²) in [5.41, 5.74) is 6.51. The van der Waals surface area contributed by atoms with Gasteiger partial charge in [0.1, 0.15) is 37.4 Å². The number of oxime groups is 1. The van der Waals surface area contributed by atoms with E-state index in [1.54, 1.807) is 23.1 Å². The van der Waals surface area contributed by atoms with Crippen molar-refractivity contribution < 1.29 is 48.5 Å². The molecule has 1 saturated carbocycles. The van der Waals surface area contributed by atoms with Gasteiger partial charge in [-0.1, -0.05) is 109 Å². The van der Waals surface area contributed by atoms with Crippen molar-refractivity contribution in [2.75, 3.05) is 33.0 Å². The molecule has 3 aliphatic rings. The minimum absolute atomic E-state index is 0.00985. The highest BCUT2D eigenvalue weighted by Crippen LogP contribution is 2.62. The van der Waals surface area contributed by atoms with Crippen LogP contribution in [-0.4, -0.2) is 81.7 Å². The number of aliphatic hydroxyl groups is 2. The largest absolute Gasteiger partial charge is 0.487 e. The van der Waals surface area contributed by atoms with Crippen LogP contribution in [0.3, 0.4) is 0 Å².